The predicted molar refractivity (Wildman–Crippen MR) is 56.7 cm³/mol. The Morgan fingerprint density at radius 2 is 1.93 bits per heavy atom. The minimum atomic E-state index is 0.814. The number of nitrogens with zero attached hydrogens (tertiary/aromatic N) is 2. The fraction of sp³-hybridized carbons (Fsp3) is 0.545. The summed E-state index contributed by atoms with van der Waals surface area (Å²) in [4.78, 5) is 6.84. The van der Waals surface area contributed by atoms with Gasteiger partial charge in [-0.2, -0.15) is 0 Å². The number of hydrogen-bond donors (Lipinski definition) is 0. The van der Waals surface area contributed by atoms with Crippen molar-refractivity contribution in [3.8, 4) is 0 Å². The van der Waals surface area contributed by atoms with E-state index in [4.69, 9.17) is 4.74 Å². The van der Waals surface area contributed by atoms with E-state index in [1.165, 1.54) is 5.56 Å². The quantitative estimate of drug-likeness (QED) is 0.674. The van der Waals surface area contributed by atoms with E-state index in [9.17, 15) is 0 Å². The average Bonchev–Trinajstić information content (AvgIpc) is 2.23. The largest absolute Gasteiger partial charge is 0.378 e. The van der Waals surface area contributed by atoms with Gasteiger partial charge in [-0.15, -0.1) is 0 Å². The lowest BCUT2D eigenvalue weighted by Gasteiger charge is -2.28. The van der Waals surface area contributed by atoms with Crippen molar-refractivity contribution in [2.24, 2.45) is 0 Å². The van der Waals surface area contributed by atoms with Crippen molar-refractivity contribution < 1.29 is 4.74 Å². The Balaban J connectivity index is 2.18. The minimum Gasteiger partial charge on any atom is -0.378 e. The molecule has 0 aromatic carbocycles. The molecule has 1 aromatic rings. The third-order valence-electron chi connectivity index (χ3n) is 2.67. The van der Waals surface area contributed by atoms with Gasteiger partial charge in [0.1, 0.15) is 5.82 Å². The summed E-state index contributed by atoms with van der Waals surface area (Å²) in [6, 6.07) is 4.22. The Labute approximate surface area is 84.7 Å². The zero-order valence-electron chi connectivity index (χ0n) is 8.79. The first-order chi connectivity index (χ1) is 6.77. The number of morpholine rings is 1. The summed E-state index contributed by atoms with van der Waals surface area (Å²) in [5.41, 5.74) is 2.37. The summed E-state index contributed by atoms with van der Waals surface area (Å²) >= 11 is 0. The van der Waals surface area contributed by atoms with Gasteiger partial charge in [0, 0.05) is 18.8 Å². The standard InChI is InChI=1S/C11H16N2O/c1-9-3-4-11(12-10(9)2)13-5-7-14-8-6-13/h3-4H,5-8H2,1-2H3. The molecule has 0 amide bonds. The molecule has 0 atom stereocenters. The maximum absolute atomic E-state index is 5.31. The molecule has 76 valence electrons. The molecule has 1 aromatic heterocycles. The lowest BCUT2D eigenvalue weighted by Crippen LogP contribution is -2.36. The van der Waals surface area contributed by atoms with E-state index in [2.05, 4.69) is 35.9 Å². The van der Waals surface area contributed by atoms with Gasteiger partial charge in [0.15, 0.2) is 0 Å². The Kier molecular flexibility index (Phi) is 2.68. The molecule has 3 nitrogen and oxygen atoms in total. The Morgan fingerprint density at radius 1 is 1.21 bits per heavy atom. The molecule has 0 saturated carbocycles. The number of rotatable bonds is 1. The van der Waals surface area contributed by atoms with Gasteiger partial charge in [-0.3, -0.25) is 0 Å². The smallest absolute Gasteiger partial charge is 0.128 e. The minimum absolute atomic E-state index is 0.814. The number of ether oxygens (including phenoxy) is 1. The summed E-state index contributed by atoms with van der Waals surface area (Å²) in [6.45, 7) is 7.68. The van der Waals surface area contributed by atoms with Crippen LogP contribution in [0.1, 0.15) is 11.3 Å². The zero-order chi connectivity index (χ0) is 9.97. The van der Waals surface area contributed by atoms with Gasteiger partial charge in [-0.05, 0) is 25.5 Å². The van der Waals surface area contributed by atoms with E-state index in [0.717, 1.165) is 37.8 Å². The highest BCUT2D eigenvalue weighted by Gasteiger charge is 2.12. The molecule has 1 aliphatic heterocycles. The Morgan fingerprint density at radius 3 is 2.57 bits per heavy atom. The number of pyridine rings is 1. The molecule has 1 fully saturated rings. The molecular weight excluding hydrogens is 176 g/mol. The highest BCUT2D eigenvalue weighted by Crippen LogP contribution is 2.15. The number of aryl methyl sites for hydroxylation is 2. The van der Waals surface area contributed by atoms with Crippen LogP contribution in [-0.2, 0) is 4.74 Å². The predicted octanol–water partition coefficient (Wildman–Crippen LogP) is 1.54. The van der Waals surface area contributed by atoms with E-state index in [-0.39, 0.29) is 0 Å². The molecule has 0 unspecified atom stereocenters. The lowest BCUT2D eigenvalue weighted by atomic mass is 10.2. The highest BCUT2D eigenvalue weighted by molar-refractivity contribution is 5.41. The first-order valence-electron chi connectivity index (χ1n) is 5.04. The van der Waals surface area contributed by atoms with E-state index < -0.39 is 0 Å². The summed E-state index contributed by atoms with van der Waals surface area (Å²) in [5.74, 6) is 1.08. The molecular formula is C11H16N2O. The van der Waals surface area contributed by atoms with Gasteiger partial charge in [0.05, 0.1) is 13.2 Å². The highest BCUT2D eigenvalue weighted by atomic mass is 16.5. The van der Waals surface area contributed by atoms with Crippen LogP contribution in [0, 0.1) is 13.8 Å². The summed E-state index contributed by atoms with van der Waals surface area (Å²) in [5, 5.41) is 0. The van der Waals surface area contributed by atoms with Crippen molar-refractivity contribution in [3.63, 3.8) is 0 Å². The van der Waals surface area contributed by atoms with Crippen LogP contribution in [0.5, 0.6) is 0 Å². The molecule has 0 radical (unpaired) electrons. The second-order valence-electron chi connectivity index (χ2n) is 3.67. The van der Waals surface area contributed by atoms with Crippen molar-refractivity contribution in [1.82, 2.24) is 4.98 Å². The Bertz CT molecular complexity index is 319. The summed E-state index contributed by atoms with van der Waals surface area (Å²) < 4.78 is 5.31. The van der Waals surface area contributed by atoms with Crippen LogP contribution in [0.25, 0.3) is 0 Å². The molecule has 2 rings (SSSR count). The van der Waals surface area contributed by atoms with Crippen LogP contribution >= 0.6 is 0 Å². The molecule has 14 heavy (non-hydrogen) atoms. The van der Waals surface area contributed by atoms with E-state index >= 15 is 0 Å². The van der Waals surface area contributed by atoms with Crippen LogP contribution in [-0.4, -0.2) is 31.3 Å². The van der Waals surface area contributed by atoms with Gasteiger partial charge in [0.2, 0.25) is 0 Å². The van der Waals surface area contributed by atoms with E-state index in [0.29, 0.717) is 0 Å². The van der Waals surface area contributed by atoms with E-state index in [1.807, 2.05) is 0 Å². The normalized spacial score (nSPS) is 17.1. The van der Waals surface area contributed by atoms with Crippen LogP contribution in [0.15, 0.2) is 12.1 Å². The van der Waals surface area contributed by atoms with Gasteiger partial charge in [-0.1, -0.05) is 6.07 Å². The topological polar surface area (TPSA) is 25.4 Å². The van der Waals surface area contributed by atoms with E-state index in [1.54, 1.807) is 0 Å². The molecule has 2 heterocycles. The van der Waals surface area contributed by atoms with Gasteiger partial charge in [0.25, 0.3) is 0 Å². The molecule has 1 saturated heterocycles. The second-order valence-corrected chi connectivity index (χ2v) is 3.67. The van der Waals surface area contributed by atoms with Gasteiger partial charge < -0.3 is 9.64 Å². The molecule has 0 bridgehead atoms. The van der Waals surface area contributed by atoms with Crippen LogP contribution in [0.4, 0.5) is 5.82 Å². The molecule has 3 heteroatoms. The number of anilines is 1. The fourth-order valence-electron chi connectivity index (χ4n) is 1.59. The molecule has 0 spiro atoms. The monoisotopic (exact) mass is 192 g/mol. The maximum atomic E-state index is 5.31. The van der Waals surface area contributed by atoms with Crippen molar-refractivity contribution in [3.05, 3.63) is 23.4 Å². The van der Waals surface area contributed by atoms with Crippen LogP contribution < -0.4 is 4.90 Å². The third-order valence-corrected chi connectivity index (χ3v) is 2.67. The van der Waals surface area contributed by atoms with Gasteiger partial charge >= 0.3 is 0 Å². The molecule has 1 aliphatic rings. The maximum Gasteiger partial charge on any atom is 0.128 e. The number of hydrogen-bond acceptors (Lipinski definition) is 3. The second kappa shape index (κ2) is 3.96. The lowest BCUT2D eigenvalue weighted by molar-refractivity contribution is 0.122. The van der Waals surface area contributed by atoms with Crippen molar-refractivity contribution in [2.45, 2.75) is 13.8 Å². The third kappa shape index (κ3) is 1.87. The average molecular weight is 192 g/mol. The van der Waals surface area contributed by atoms with Crippen molar-refractivity contribution in [1.29, 1.82) is 0 Å². The van der Waals surface area contributed by atoms with Crippen molar-refractivity contribution in [2.75, 3.05) is 31.2 Å². The van der Waals surface area contributed by atoms with Crippen LogP contribution in [0.3, 0.4) is 0 Å². The zero-order valence-corrected chi connectivity index (χ0v) is 8.79. The van der Waals surface area contributed by atoms with Crippen molar-refractivity contribution >= 4 is 5.82 Å². The first kappa shape index (κ1) is 9.46. The first-order valence-corrected chi connectivity index (χ1v) is 5.04. The van der Waals surface area contributed by atoms with Gasteiger partial charge in [-0.25, -0.2) is 4.98 Å². The SMILES string of the molecule is Cc1ccc(N2CCOCC2)nc1C. The van der Waals surface area contributed by atoms with Crippen LogP contribution in [0.2, 0.25) is 0 Å². The fourth-order valence-corrected chi connectivity index (χ4v) is 1.59. The molecule has 0 N–H and O–H groups in total. The summed E-state index contributed by atoms with van der Waals surface area (Å²) in [6.07, 6.45) is 0. The Hall–Kier alpha value is -1.09. The molecule has 0 aliphatic carbocycles. The number of aromatic nitrogens is 1. The summed E-state index contributed by atoms with van der Waals surface area (Å²) in [7, 11) is 0.